The van der Waals surface area contributed by atoms with Crippen LogP contribution in [0.5, 0.6) is 0 Å². The number of pyridine rings is 1. The number of nitrogens with zero attached hydrogens (tertiary/aromatic N) is 2. The smallest absolute Gasteiger partial charge is 0.141 e. The van der Waals surface area contributed by atoms with Crippen LogP contribution in [0.3, 0.4) is 0 Å². The Morgan fingerprint density at radius 2 is 2.37 bits per heavy atom. The van der Waals surface area contributed by atoms with Crippen LogP contribution in [0.15, 0.2) is 16.7 Å². The molecular formula is C14H16BrFN2O. The molecule has 1 aliphatic carbocycles. The van der Waals surface area contributed by atoms with Crippen LogP contribution < -0.4 is 0 Å². The zero-order valence-corrected chi connectivity index (χ0v) is 12.4. The Balaban J connectivity index is 1.99. The van der Waals surface area contributed by atoms with Gasteiger partial charge in [-0.15, -0.1) is 0 Å². The van der Waals surface area contributed by atoms with Gasteiger partial charge in [-0.1, -0.05) is 0 Å². The summed E-state index contributed by atoms with van der Waals surface area (Å²) in [7, 11) is 2.06. The van der Waals surface area contributed by atoms with E-state index in [4.69, 9.17) is 4.74 Å². The number of hydrogen-bond donors (Lipinski definition) is 0. The van der Waals surface area contributed by atoms with Gasteiger partial charge in [-0.05, 0) is 46.5 Å². The molecule has 1 unspecified atom stereocenters. The van der Waals surface area contributed by atoms with E-state index in [1.165, 1.54) is 16.6 Å². The summed E-state index contributed by atoms with van der Waals surface area (Å²) in [4.78, 5) is 4.55. The first-order chi connectivity index (χ1) is 9.20. The number of fused-ring (bicyclic) bond motifs is 3. The predicted octanol–water partition coefficient (Wildman–Crippen LogP) is 3.18. The third kappa shape index (κ3) is 2.30. The highest BCUT2D eigenvalue weighted by Gasteiger charge is 2.25. The van der Waals surface area contributed by atoms with Gasteiger partial charge in [0.2, 0.25) is 0 Å². The largest absolute Gasteiger partial charge is 0.375 e. The Morgan fingerprint density at radius 3 is 3.16 bits per heavy atom. The van der Waals surface area contributed by atoms with Gasteiger partial charge in [-0.2, -0.15) is 0 Å². The molecule has 0 aromatic carbocycles. The van der Waals surface area contributed by atoms with Crippen molar-refractivity contribution in [3.63, 3.8) is 0 Å². The van der Waals surface area contributed by atoms with Gasteiger partial charge in [-0.25, -0.2) is 9.37 Å². The molecule has 3 nitrogen and oxygen atoms in total. The number of aromatic nitrogens is 2. The second-order valence-electron chi connectivity index (χ2n) is 4.91. The molecule has 1 atom stereocenters. The molecule has 2 heterocycles. The van der Waals surface area contributed by atoms with Gasteiger partial charge in [0.1, 0.15) is 16.9 Å². The lowest BCUT2D eigenvalue weighted by Gasteiger charge is -2.23. The number of rotatable bonds is 3. The van der Waals surface area contributed by atoms with E-state index in [0.717, 1.165) is 29.5 Å². The lowest BCUT2D eigenvalue weighted by molar-refractivity contribution is 0.0358. The minimum absolute atomic E-state index is 0.137. The molecule has 0 bridgehead atoms. The molecule has 3 rings (SSSR count). The fourth-order valence-corrected chi connectivity index (χ4v) is 3.23. The first-order valence-electron chi connectivity index (χ1n) is 6.51. The molecule has 2 aromatic rings. The molecule has 0 radical (unpaired) electrons. The van der Waals surface area contributed by atoms with E-state index in [2.05, 4.69) is 38.6 Å². The van der Waals surface area contributed by atoms with Crippen LogP contribution in [0.25, 0.3) is 11.0 Å². The Labute approximate surface area is 119 Å². The second kappa shape index (κ2) is 5.21. The number of halogens is 2. The lowest BCUT2D eigenvalue weighted by Crippen LogP contribution is -2.23. The predicted molar refractivity (Wildman–Crippen MR) is 76.2 cm³/mol. The maximum absolute atomic E-state index is 12.2. The summed E-state index contributed by atoms with van der Waals surface area (Å²) in [5.41, 5.74) is 3.65. The van der Waals surface area contributed by atoms with E-state index >= 15 is 0 Å². The molecule has 5 heteroatoms. The SMILES string of the molecule is Cn1c2c(c3ccc(Br)nc31)CC(OCCF)CC2. The van der Waals surface area contributed by atoms with Crippen molar-refractivity contribution in [2.45, 2.75) is 25.4 Å². The summed E-state index contributed by atoms with van der Waals surface area (Å²) < 4.78 is 20.8. The summed E-state index contributed by atoms with van der Waals surface area (Å²) >= 11 is 3.42. The van der Waals surface area contributed by atoms with Crippen LogP contribution in [-0.2, 0) is 24.6 Å². The average Bonchev–Trinajstić information content (AvgIpc) is 2.69. The van der Waals surface area contributed by atoms with Gasteiger partial charge in [-0.3, -0.25) is 0 Å². The molecule has 0 amide bonds. The Bertz CT molecular complexity index is 611. The highest BCUT2D eigenvalue weighted by molar-refractivity contribution is 9.10. The average molecular weight is 327 g/mol. The summed E-state index contributed by atoms with van der Waals surface area (Å²) in [5, 5.41) is 1.19. The third-order valence-corrected chi connectivity index (χ3v) is 4.24. The monoisotopic (exact) mass is 326 g/mol. The highest BCUT2D eigenvalue weighted by Crippen LogP contribution is 2.32. The molecule has 2 aromatic heterocycles. The minimum Gasteiger partial charge on any atom is -0.375 e. The molecule has 0 fully saturated rings. The highest BCUT2D eigenvalue weighted by atomic mass is 79.9. The van der Waals surface area contributed by atoms with Crippen LogP contribution in [0.4, 0.5) is 4.39 Å². The van der Waals surface area contributed by atoms with E-state index < -0.39 is 6.67 Å². The van der Waals surface area contributed by atoms with E-state index in [-0.39, 0.29) is 12.7 Å². The molecule has 19 heavy (non-hydrogen) atoms. The number of ether oxygens (including phenoxy) is 1. The van der Waals surface area contributed by atoms with E-state index in [0.29, 0.717) is 0 Å². The van der Waals surface area contributed by atoms with Gasteiger partial charge >= 0.3 is 0 Å². The number of aryl methyl sites for hydroxylation is 1. The molecule has 102 valence electrons. The van der Waals surface area contributed by atoms with E-state index in [1.807, 2.05) is 6.07 Å². The van der Waals surface area contributed by atoms with Crippen LogP contribution >= 0.6 is 15.9 Å². The molecule has 0 N–H and O–H groups in total. The van der Waals surface area contributed by atoms with Crippen LogP contribution in [0.2, 0.25) is 0 Å². The van der Waals surface area contributed by atoms with Crippen LogP contribution in [0.1, 0.15) is 17.7 Å². The number of alkyl halides is 1. The third-order valence-electron chi connectivity index (χ3n) is 3.80. The maximum atomic E-state index is 12.2. The zero-order chi connectivity index (χ0) is 13.4. The Kier molecular flexibility index (Phi) is 3.58. The fraction of sp³-hybridized carbons (Fsp3) is 0.500. The normalized spacial score (nSPS) is 18.8. The fourth-order valence-electron chi connectivity index (χ4n) is 2.93. The van der Waals surface area contributed by atoms with Crippen LogP contribution in [0, 0.1) is 0 Å². The Hall–Kier alpha value is -0.940. The van der Waals surface area contributed by atoms with E-state index in [1.54, 1.807) is 0 Å². The first-order valence-corrected chi connectivity index (χ1v) is 7.30. The van der Waals surface area contributed by atoms with Gasteiger partial charge in [0.05, 0.1) is 12.7 Å². The molecular weight excluding hydrogens is 311 g/mol. The Morgan fingerprint density at radius 1 is 1.53 bits per heavy atom. The summed E-state index contributed by atoms with van der Waals surface area (Å²) in [6.45, 7) is -0.206. The molecule has 0 aliphatic heterocycles. The van der Waals surface area contributed by atoms with Gasteiger partial charge in [0, 0.05) is 24.5 Å². The first kappa shape index (κ1) is 13.1. The van der Waals surface area contributed by atoms with Crippen molar-refractivity contribution in [3.8, 4) is 0 Å². The maximum Gasteiger partial charge on any atom is 0.141 e. The molecule has 0 spiro atoms. The second-order valence-corrected chi connectivity index (χ2v) is 5.73. The van der Waals surface area contributed by atoms with Crippen molar-refractivity contribution < 1.29 is 9.13 Å². The van der Waals surface area contributed by atoms with Crippen molar-refractivity contribution in [1.82, 2.24) is 9.55 Å². The topological polar surface area (TPSA) is 27.1 Å². The quantitative estimate of drug-likeness (QED) is 0.810. The van der Waals surface area contributed by atoms with Crippen LogP contribution in [-0.4, -0.2) is 28.9 Å². The lowest BCUT2D eigenvalue weighted by atomic mass is 9.93. The van der Waals surface area contributed by atoms with Crippen molar-refractivity contribution in [1.29, 1.82) is 0 Å². The van der Waals surface area contributed by atoms with E-state index in [9.17, 15) is 4.39 Å². The minimum atomic E-state index is -0.409. The van der Waals surface area contributed by atoms with Crippen molar-refractivity contribution in [2.24, 2.45) is 7.05 Å². The molecule has 1 aliphatic rings. The van der Waals surface area contributed by atoms with Crippen molar-refractivity contribution in [2.75, 3.05) is 13.3 Å². The summed E-state index contributed by atoms with van der Waals surface area (Å²) in [5.74, 6) is 0. The molecule has 0 saturated heterocycles. The summed E-state index contributed by atoms with van der Waals surface area (Å²) in [6, 6.07) is 4.07. The van der Waals surface area contributed by atoms with Crippen molar-refractivity contribution >= 4 is 27.0 Å². The standard InChI is InChI=1S/C14H16BrFN2O/c1-18-12-4-2-9(19-7-6-16)8-11(12)10-3-5-13(15)17-14(10)18/h3,5,9H,2,4,6-8H2,1H3. The summed E-state index contributed by atoms with van der Waals surface area (Å²) in [6.07, 6.45) is 2.92. The van der Waals surface area contributed by atoms with Gasteiger partial charge < -0.3 is 9.30 Å². The van der Waals surface area contributed by atoms with Crippen molar-refractivity contribution in [3.05, 3.63) is 28.0 Å². The van der Waals surface area contributed by atoms with Gasteiger partial charge in [0.25, 0.3) is 0 Å². The van der Waals surface area contributed by atoms with Gasteiger partial charge in [0.15, 0.2) is 0 Å². The number of hydrogen-bond acceptors (Lipinski definition) is 2. The molecule has 0 saturated carbocycles. The zero-order valence-electron chi connectivity index (χ0n) is 10.8.